The van der Waals surface area contributed by atoms with Crippen LogP contribution < -0.4 is 5.32 Å². The van der Waals surface area contributed by atoms with Crippen LogP contribution in [0.4, 0.5) is 0 Å². The summed E-state index contributed by atoms with van der Waals surface area (Å²) in [4.78, 5) is 11.8. The molecule has 0 aromatic heterocycles. The minimum absolute atomic E-state index is 0.959. The van der Waals surface area contributed by atoms with Crippen LogP contribution in [-0.4, -0.2) is 23.7 Å². The van der Waals surface area contributed by atoms with Gasteiger partial charge < -0.3 is 10.4 Å². The molecule has 0 bridgehead atoms. The highest BCUT2D eigenvalue weighted by molar-refractivity contribution is 5.71. The zero-order valence-electron chi connectivity index (χ0n) is 19.4. The molecule has 0 aliphatic carbocycles. The van der Waals surface area contributed by atoms with Gasteiger partial charge in [0.15, 0.2) is 0 Å². The number of nitrogens with one attached hydrogen (secondary N) is 1. The zero-order valence-corrected chi connectivity index (χ0v) is 13.4. The summed E-state index contributed by atoms with van der Waals surface area (Å²) in [5, 5.41) is 12.7. The molecule has 3 unspecified atom stereocenters. The average molecular weight is 277 g/mol. The molecule has 2 N–H and O–H groups in total. The standard InChI is InChI=1S/C16H33NO2/c1-10-14(4,5)12(3)16(8,11(2)13(18)19)15(6,7)17-9/h11-12,17H,10H2,1-9H3,(H,18,19)/t11?,12?,16-/m1/s1/i4D3,10D2,12D/t11?,12?,14?,16-. The molecule has 3 nitrogen and oxygen atoms in total. The topological polar surface area (TPSA) is 49.3 Å². The van der Waals surface area contributed by atoms with E-state index in [4.69, 9.17) is 8.22 Å². The summed E-state index contributed by atoms with van der Waals surface area (Å²) < 4.78 is 49.5. The van der Waals surface area contributed by atoms with Crippen LogP contribution in [0.15, 0.2) is 0 Å². The number of hydrogen-bond acceptors (Lipinski definition) is 2. The third-order valence-electron chi connectivity index (χ3n) is 5.19. The second-order valence-electron chi connectivity index (χ2n) is 6.14. The minimum Gasteiger partial charge on any atom is -0.481 e. The van der Waals surface area contributed by atoms with Gasteiger partial charge in [-0.05, 0) is 32.2 Å². The van der Waals surface area contributed by atoms with E-state index in [-0.39, 0.29) is 0 Å². The van der Waals surface area contributed by atoms with Gasteiger partial charge in [0.2, 0.25) is 0 Å². The highest BCUT2D eigenvalue weighted by Crippen LogP contribution is 2.52. The molecule has 0 spiro atoms. The molecular weight excluding hydrogens is 238 g/mol. The van der Waals surface area contributed by atoms with Crippen molar-refractivity contribution in [3.63, 3.8) is 0 Å². The lowest BCUT2D eigenvalue weighted by atomic mass is 9.52. The monoisotopic (exact) mass is 277 g/mol. The first-order valence-corrected chi connectivity index (χ1v) is 6.58. The molecule has 4 atom stereocenters. The van der Waals surface area contributed by atoms with E-state index >= 15 is 0 Å². The summed E-state index contributed by atoms with van der Waals surface area (Å²) in [5.74, 6) is -4.22. The molecule has 0 amide bonds. The van der Waals surface area contributed by atoms with Gasteiger partial charge in [0.1, 0.15) is 0 Å². The number of aliphatic carboxylic acids is 1. The second-order valence-corrected chi connectivity index (χ2v) is 6.14. The number of carbonyl (C=O) groups is 1. The van der Waals surface area contributed by atoms with Gasteiger partial charge in [-0.1, -0.05) is 47.8 Å². The molecule has 0 radical (unpaired) electrons. The maximum Gasteiger partial charge on any atom is 0.306 e. The average Bonchev–Trinajstić information content (AvgIpc) is 2.41. The largest absolute Gasteiger partial charge is 0.481 e. The van der Waals surface area contributed by atoms with Gasteiger partial charge in [0.05, 0.1) is 5.92 Å². The van der Waals surface area contributed by atoms with Gasteiger partial charge >= 0.3 is 5.97 Å². The van der Waals surface area contributed by atoms with E-state index in [1.165, 1.54) is 20.8 Å². The van der Waals surface area contributed by atoms with Gasteiger partial charge in [-0.15, -0.1) is 0 Å². The molecule has 0 heterocycles. The Balaban J connectivity index is 7.06. The summed E-state index contributed by atoms with van der Waals surface area (Å²) in [5.41, 5.74) is -4.51. The van der Waals surface area contributed by atoms with Gasteiger partial charge in [0, 0.05) is 19.2 Å². The molecule has 114 valence electrons. The molecule has 0 aliphatic heterocycles. The van der Waals surface area contributed by atoms with Gasteiger partial charge in [0.25, 0.3) is 0 Å². The second kappa shape index (κ2) is 5.82. The Kier molecular flexibility index (Phi) is 3.12. The van der Waals surface area contributed by atoms with E-state index in [2.05, 4.69) is 5.32 Å². The fraction of sp³-hybridized carbons (Fsp3) is 0.938. The highest BCUT2D eigenvalue weighted by atomic mass is 16.4. The van der Waals surface area contributed by atoms with E-state index in [1.54, 1.807) is 27.8 Å². The summed E-state index contributed by atoms with van der Waals surface area (Å²) >= 11 is 0. The first-order chi connectivity index (χ1) is 10.7. The third-order valence-corrected chi connectivity index (χ3v) is 5.19. The smallest absolute Gasteiger partial charge is 0.306 e. The minimum atomic E-state index is -2.81. The van der Waals surface area contributed by atoms with Crippen LogP contribution in [0.1, 0.15) is 69.9 Å². The Hall–Kier alpha value is -0.570. The fourth-order valence-corrected chi connectivity index (χ4v) is 2.55. The van der Waals surface area contributed by atoms with Crippen LogP contribution in [0.2, 0.25) is 0 Å². The van der Waals surface area contributed by atoms with Crippen LogP contribution in [0.5, 0.6) is 0 Å². The Bertz CT molecular complexity index is 496. The van der Waals surface area contributed by atoms with Crippen LogP contribution in [-0.2, 0) is 4.79 Å². The molecule has 19 heavy (non-hydrogen) atoms. The maximum absolute atomic E-state index is 11.8. The van der Waals surface area contributed by atoms with Gasteiger partial charge in [-0.3, -0.25) is 4.79 Å². The van der Waals surface area contributed by atoms with Crippen molar-refractivity contribution in [2.75, 3.05) is 7.05 Å². The van der Waals surface area contributed by atoms with Gasteiger partial charge in [-0.25, -0.2) is 0 Å². The maximum atomic E-state index is 11.8. The number of rotatable bonds is 7. The number of carboxylic acids is 1. The van der Waals surface area contributed by atoms with Crippen molar-refractivity contribution in [1.29, 1.82) is 0 Å². The first-order valence-electron chi connectivity index (χ1n) is 9.58. The normalized spacial score (nSPS) is 29.9. The number of hydrogen-bond donors (Lipinski definition) is 2. The Morgan fingerprint density at radius 3 is 2.16 bits per heavy atom. The lowest BCUT2D eigenvalue weighted by molar-refractivity contribution is -0.153. The predicted molar refractivity (Wildman–Crippen MR) is 81.3 cm³/mol. The molecule has 0 saturated heterocycles. The summed E-state index contributed by atoms with van der Waals surface area (Å²) in [6.07, 6.45) is -2.25. The molecule has 0 saturated carbocycles. The van der Waals surface area contributed by atoms with E-state index in [0.717, 1.165) is 6.92 Å². The summed E-state index contributed by atoms with van der Waals surface area (Å²) in [6, 6.07) is 0. The predicted octanol–water partition coefficient (Wildman–Crippen LogP) is 3.78. The van der Waals surface area contributed by atoms with Crippen molar-refractivity contribution in [1.82, 2.24) is 5.32 Å². The quantitative estimate of drug-likeness (QED) is 0.744. The first kappa shape index (κ1) is 10.2. The molecule has 0 fully saturated rings. The number of carboxylic acid groups (broad SMARTS) is 1. The van der Waals surface area contributed by atoms with Gasteiger partial charge in [-0.2, -0.15) is 0 Å². The van der Waals surface area contributed by atoms with E-state index in [0.29, 0.717) is 0 Å². The van der Waals surface area contributed by atoms with Crippen molar-refractivity contribution in [2.24, 2.45) is 22.6 Å². The van der Waals surface area contributed by atoms with Crippen molar-refractivity contribution in [2.45, 2.75) is 67.2 Å². The summed E-state index contributed by atoms with van der Waals surface area (Å²) in [6.45, 7) is 7.33. The lowest BCUT2D eigenvalue weighted by Crippen LogP contribution is -2.61. The SMILES string of the molecule is [2H]C([2H])([2H])C(C)(C([2H])([2H])C)C([2H])(C)[C@@](C)(C(C)C(=O)O)C(C)(C)NC. The third kappa shape index (κ3) is 3.13. The van der Waals surface area contributed by atoms with Crippen molar-refractivity contribution in [3.05, 3.63) is 0 Å². The zero-order chi connectivity index (χ0) is 20.9. The lowest BCUT2D eigenvalue weighted by Gasteiger charge is -2.55. The molecular formula is C16H33NO2. The van der Waals surface area contributed by atoms with E-state index in [1.807, 2.05) is 0 Å². The molecule has 0 aliphatic rings. The summed E-state index contributed by atoms with van der Waals surface area (Å²) in [7, 11) is 1.62. The van der Waals surface area contributed by atoms with Crippen LogP contribution >= 0.6 is 0 Å². The fourth-order valence-electron chi connectivity index (χ4n) is 2.55. The van der Waals surface area contributed by atoms with Crippen LogP contribution in [0, 0.1) is 22.6 Å². The van der Waals surface area contributed by atoms with Crippen molar-refractivity contribution in [3.8, 4) is 0 Å². The Morgan fingerprint density at radius 2 is 1.89 bits per heavy atom. The Labute approximate surface area is 127 Å². The van der Waals surface area contributed by atoms with Crippen LogP contribution in [0.3, 0.4) is 0 Å². The highest BCUT2D eigenvalue weighted by Gasteiger charge is 2.53. The van der Waals surface area contributed by atoms with E-state index < -0.39 is 47.4 Å². The molecule has 0 aromatic rings. The molecule has 0 rings (SSSR count). The molecule has 3 heteroatoms. The molecule has 0 aromatic carbocycles. The van der Waals surface area contributed by atoms with E-state index in [9.17, 15) is 9.90 Å². The van der Waals surface area contributed by atoms with Crippen molar-refractivity contribution < 1.29 is 18.1 Å². The van der Waals surface area contributed by atoms with Crippen LogP contribution in [0.25, 0.3) is 0 Å². The Morgan fingerprint density at radius 1 is 1.42 bits per heavy atom. The van der Waals surface area contributed by atoms with Crippen molar-refractivity contribution >= 4 is 5.97 Å².